The first kappa shape index (κ1) is 23.9. The molecule has 0 N–H and O–H groups in total. The molecule has 0 spiro atoms. The lowest BCUT2D eigenvalue weighted by Crippen LogP contribution is -2.16. The second-order valence-electron chi connectivity index (χ2n) is 8.33. The van der Waals surface area contributed by atoms with Crippen molar-refractivity contribution in [3.05, 3.63) is 88.6 Å². The zero-order valence-electron chi connectivity index (χ0n) is 20.1. The van der Waals surface area contributed by atoms with Gasteiger partial charge in [0.15, 0.2) is 0 Å². The topological polar surface area (TPSA) is 40.5 Å². The van der Waals surface area contributed by atoms with Crippen LogP contribution in [0.25, 0.3) is 22.0 Å². The van der Waals surface area contributed by atoms with E-state index in [0.29, 0.717) is 24.6 Å². The number of methoxy groups -OCH3 is 1. The van der Waals surface area contributed by atoms with Crippen molar-refractivity contribution in [3.63, 3.8) is 0 Å². The molecule has 1 heterocycles. The fraction of sp³-hybridized carbons (Fsp3) is 0.276. The van der Waals surface area contributed by atoms with Gasteiger partial charge in [0, 0.05) is 39.3 Å². The molecule has 0 saturated heterocycles. The zero-order chi connectivity index (χ0) is 24.2. The number of hydrogen-bond donors (Lipinski definition) is 0. The van der Waals surface area contributed by atoms with Crippen molar-refractivity contribution in [1.29, 1.82) is 0 Å². The summed E-state index contributed by atoms with van der Waals surface area (Å²) < 4.78 is 13.3. The molecule has 34 heavy (non-hydrogen) atoms. The second-order valence-corrected chi connectivity index (χ2v) is 8.74. The standard InChI is InChI=1S/C29H30ClNO3/c1-5-21(29(32)34-6-2)28-19(3)31(26-14-10-8-12-23(26)28)18-20-15-16-27(33-4)24(17-20)22-11-7-9-13-25(22)30/h7-17,21H,5-6,18H2,1-4H3. The van der Waals surface area contributed by atoms with Gasteiger partial charge in [0.2, 0.25) is 0 Å². The van der Waals surface area contributed by atoms with E-state index in [2.05, 4.69) is 35.8 Å². The Labute approximate surface area is 206 Å². The molecule has 176 valence electrons. The van der Waals surface area contributed by atoms with Gasteiger partial charge in [0.25, 0.3) is 0 Å². The molecule has 5 heteroatoms. The summed E-state index contributed by atoms with van der Waals surface area (Å²) in [6.07, 6.45) is 0.687. The lowest BCUT2D eigenvalue weighted by molar-refractivity contribution is -0.145. The smallest absolute Gasteiger partial charge is 0.313 e. The van der Waals surface area contributed by atoms with Gasteiger partial charge in [0.05, 0.1) is 19.6 Å². The molecule has 4 nitrogen and oxygen atoms in total. The maximum Gasteiger partial charge on any atom is 0.313 e. The van der Waals surface area contributed by atoms with E-state index in [1.807, 2.05) is 56.3 Å². The molecule has 0 saturated carbocycles. The normalized spacial score (nSPS) is 12.0. The minimum atomic E-state index is -0.291. The molecule has 4 rings (SSSR count). The molecule has 0 aliphatic heterocycles. The van der Waals surface area contributed by atoms with Gasteiger partial charge in [-0.1, -0.05) is 61.0 Å². The van der Waals surface area contributed by atoms with Gasteiger partial charge in [-0.3, -0.25) is 4.79 Å². The summed E-state index contributed by atoms with van der Waals surface area (Å²) in [5, 5.41) is 1.78. The molecule has 0 bridgehead atoms. The largest absolute Gasteiger partial charge is 0.496 e. The number of carbonyl (C=O) groups is 1. The van der Waals surface area contributed by atoms with Crippen LogP contribution in [-0.2, 0) is 16.1 Å². The molecule has 0 fully saturated rings. The Morgan fingerprint density at radius 1 is 1.00 bits per heavy atom. The first-order chi connectivity index (χ1) is 16.5. The van der Waals surface area contributed by atoms with Gasteiger partial charge in [-0.25, -0.2) is 0 Å². The SMILES string of the molecule is CCOC(=O)C(CC)c1c(C)n(Cc2ccc(OC)c(-c3ccccc3Cl)c2)c2ccccc12. The van der Waals surface area contributed by atoms with Crippen LogP contribution in [0.15, 0.2) is 66.7 Å². The number of carbonyl (C=O) groups excluding carboxylic acids is 1. The highest BCUT2D eigenvalue weighted by Crippen LogP contribution is 2.38. The van der Waals surface area contributed by atoms with Gasteiger partial charge in [-0.2, -0.15) is 0 Å². The number of benzene rings is 3. The zero-order valence-corrected chi connectivity index (χ0v) is 20.9. The first-order valence-electron chi connectivity index (χ1n) is 11.7. The lowest BCUT2D eigenvalue weighted by Gasteiger charge is -2.16. The predicted molar refractivity (Wildman–Crippen MR) is 139 cm³/mol. The van der Waals surface area contributed by atoms with Gasteiger partial charge >= 0.3 is 5.97 Å². The predicted octanol–water partition coefficient (Wildman–Crippen LogP) is 7.38. The van der Waals surface area contributed by atoms with Gasteiger partial charge < -0.3 is 14.0 Å². The van der Waals surface area contributed by atoms with Crippen LogP contribution in [0.3, 0.4) is 0 Å². The fourth-order valence-corrected chi connectivity index (χ4v) is 5.00. The van der Waals surface area contributed by atoms with E-state index < -0.39 is 0 Å². The highest BCUT2D eigenvalue weighted by Gasteiger charge is 2.27. The molecular weight excluding hydrogens is 446 g/mol. The van der Waals surface area contributed by atoms with E-state index in [-0.39, 0.29) is 11.9 Å². The average Bonchev–Trinajstić information content (AvgIpc) is 3.11. The quantitative estimate of drug-likeness (QED) is 0.249. The Hall–Kier alpha value is -3.24. The number of aromatic nitrogens is 1. The van der Waals surface area contributed by atoms with E-state index in [1.54, 1.807) is 7.11 Å². The second kappa shape index (κ2) is 10.4. The number of esters is 1. The van der Waals surface area contributed by atoms with Gasteiger partial charge in [0.1, 0.15) is 5.75 Å². The van der Waals surface area contributed by atoms with Crippen LogP contribution in [-0.4, -0.2) is 24.3 Å². The van der Waals surface area contributed by atoms with E-state index in [1.165, 1.54) is 0 Å². The first-order valence-corrected chi connectivity index (χ1v) is 12.0. The van der Waals surface area contributed by atoms with Crippen molar-refractivity contribution < 1.29 is 14.3 Å². The molecule has 0 aliphatic rings. The average molecular weight is 476 g/mol. The van der Waals surface area contributed by atoms with Crippen molar-refractivity contribution in [2.75, 3.05) is 13.7 Å². The minimum absolute atomic E-state index is 0.165. The third kappa shape index (κ3) is 4.43. The summed E-state index contributed by atoms with van der Waals surface area (Å²) in [6, 6.07) is 22.3. The van der Waals surface area contributed by atoms with E-state index >= 15 is 0 Å². The highest BCUT2D eigenvalue weighted by atomic mass is 35.5. The molecule has 1 atom stereocenters. The van der Waals surface area contributed by atoms with Crippen LogP contribution in [0, 0.1) is 6.92 Å². The maximum atomic E-state index is 12.8. The minimum Gasteiger partial charge on any atom is -0.496 e. The number of hydrogen-bond acceptors (Lipinski definition) is 3. The van der Waals surface area contributed by atoms with Crippen molar-refractivity contribution >= 4 is 28.5 Å². The summed E-state index contributed by atoms with van der Waals surface area (Å²) in [4.78, 5) is 12.8. The van der Waals surface area contributed by atoms with Gasteiger partial charge in [-0.15, -0.1) is 0 Å². The third-order valence-electron chi connectivity index (χ3n) is 6.38. The summed E-state index contributed by atoms with van der Waals surface area (Å²) >= 11 is 6.51. The third-order valence-corrected chi connectivity index (χ3v) is 6.71. The number of nitrogens with zero attached hydrogens (tertiary/aromatic N) is 1. The Morgan fingerprint density at radius 2 is 1.74 bits per heavy atom. The number of rotatable bonds is 8. The van der Waals surface area contributed by atoms with E-state index in [0.717, 1.165) is 44.6 Å². The molecule has 0 radical (unpaired) electrons. The van der Waals surface area contributed by atoms with Crippen LogP contribution < -0.4 is 4.74 Å². The summed E-state index contributed by atoms with van der Waals surface area (Å²) in [5.41, 5.74) is 6.25. The Bertz CT molecular complexity index is 1320. The summed E-state index contributed by atoms with van der Waals surface area (Å²) in [5.74, 6) is 0.321. The Kier molecular flexibility index (Phi) is 7.28. The van der Waals surface area contributed by atoms with E-state index in [9.17, 15) is 4.79 Å². The number of fused-ring (bicyclic) bond motifs is 1. The molecule has 0 aliphatic carbocycles. The monoisotopic (exact) mass is 475 g/mol. The molecule has 0 amide bonds. The fourth-order valence-electron chi connectivity index (χ4n) is 4.76. The molecule has 4 aromatic rings. The summed E-state index contributed by atoms with van der Waals surface area (Å²) in [7, 11) is 1.67. The maximum absolute atomic E-state index is 12.8. The van der Waals surface area contributed by atoms with Crippen LogP contribution in [0.4, 0.5) is 0 Å². The molecule has 1 unspecified atom stereocenters. The van der Waals surface area contributed by atoms with E-state index in [4.69, 9.17) is 21.1 Å². The number of halogens is 1. The lowest BCUT2D eigenvalue weighted by atomic mass is 9.94. The Morgan fingerprint density at radius 3 is 2.44 bits per heavy atom. The number of para-hydroxylation sites is 1. The molecule has 3 aromatic carbocycles. The van der Waals surface area contributed by atoms with Crippen molar-refractivity contribution in [3.8, 4) is 16.9 Å². The van der Waals surface area contributed by atoms with Crippen LogP contribution in [0.2, 0.25) is 5.02 Å². The number of ether oxygens (including phenoxy) is 2. The van der Waals surface area contributed by atoms with Crippen molar-refractivity contribution in [2.24, 2.45) is 0 Å². The Balaban J connectivity index is 1.82. The van der Waals surface area contributed by atoms with Gasteiger partial charge in [-0.05, 0) is 55.7 Å². The molecule has 1 aromatic heterocycles. The van der Waals surface area contributed by atoms with Crippen LogP contribution >= 0.6 is 11.6 Å². The summed E-state index contributed by atoms with van der Waals surface area (Å²) in [6.45, 7) is 7.01. The van der Waals surface area contributed by atoms with Crippen molar-refractivity contribution in [2.45, 2.75) is 39.7 Å². The highest BCUT2D eigenvalue weighted by molar-refractivity contribution is 6.33. The van der Waals surface area contributed by atoms with Crippen LogP contribution in [0.1, 0.15) is 43.0 Å². The van der Waals surface area contributed by atoms with Crippen molar-refractivity contribution in [1.82, 2.24) is 4.57 Å². The van der Waals surface area contributed by atoms with Crippen LogP contribution in [0.5, 0.6) is 5.75 Å². The molecular formula is C29H30ClNO3.